The second-order valence-corrected chi connectivity index (χ2v) is 6.95. The molecule has 0 radical (unpaired) electrons. The molecule has 142 valence electrons. The third kappa shape index (κ3) is 4.23. The third-order valence-electron chi connectivity index (χ3n) is 4.06. The van der Waals surface area contributed by atoms with Crippen LogP contribution in [0.15, 0.2) is 24.3 Å². The lowest BCUT2D eigenvalue weighted by Gasteiger charge is -2.06. The highest BCUT2D eigenvalue weighted by molar-refractivity contribution is 7.20. The predicted octanol–water partition coefficient (Wildman–Crippen LogP) is 3.27. The summed E-state index contributed by atoms with van der Waals surface area (Å²) >= 11 is 1.29. The van der Waals surface area contributed by atoms with Gasteiger partial charge >= 0.3 is 0 Å². The molecule has 0 atom stereocenters. The number of carbonyl (C=O) groups is 1. The summed E-state index contributed by atoms with van der Waals surface area (Å²) in [6, 6.07) is 6.35. The van der Waals surface area contributed by atoms with Crippen LogP contribution >= 0.6 is 11.3 Å². The smallest absolute Gasteiger partial charge is 0.261 e. The molecule has 0 fully saturated rings. The van der Waals surface area contributed by atoms with Crippen molar-refractivity contribution < 1.29 is 18.7 Å². The van der Waals surface area contributed by atoms with E-state index in [1.807, 2.05) is 13.0 Å². The average molecular weight is 389 g/mol. The van der Waals surface area contributed by atoms with E-state index in [4.69, 9.17) is 9.47 Å². The van der Waals surface area contributed by atoms with Crippen LogP contribution in [0.5, 0.6) is 5.88 Å². The van der Waals surface area contributed by atoms with E-state index in [1.165, 1.54) is 30.6 Å². The number of carbonyl (C=O) groups excluding carboxylic acids is 1. The summed E-state index contributed by atoms with van der Waals surface area (Å²) in [5.74, 6) is 0.458. The van der Waals surface area contributed by atoms with Gasteiger partial charge in [-0.05, 0) is 36.6 Å². The summed E-state index contributed by atoms with van der Waals surface area (Å²) in [7, 11) is 3.10. The minimum absolute atomic E-state index is 0.192. The Balaban J connectivity index is 1.79. The predicted molar refractivity (Wildman–Crippen MR) is 102 cm³/mol. The molecule has 0 aliphatic rings. The zero-order chi connectivity index (χ0) is 19.4. The quantitative estimate of drug-likeness (QED) is 0.671. The fraction of sp³-hybridized carbons (Fsp3) is 0.316. The Kier molecular flexibility index (Phi) is 5.98. The maximum Gasteiger partial charge on any atom is 0.261 e. The number of nitrogens with zero attached hydrogens (tertiary/aromatic N) is 2. The van der Waals surface area contributed by atoms with Gasteiger partial charge in [-0.15, -0.1) is 11.3 Å². The van der Waals surface area contributed by atoms with Gasteiger partial charge in [-0.1, -0.05) is 12.1 Å². The zero-order valence-corrected chi connectivity index (χ0v) is 16.2. The van der Waals surface area contributed by atoms with Gasteiger partial charge < -0.3 is 14.8 Å². The van der Waals surface area contributed by atoms with Gasteiger partial charge in [0.05, 0.1) is 17.4 Å². The van der Waals surface area contributed by atoms with Gasteiger partial charge in [-0.3, -0.25) is 4.79 Å². The first kappa shape index (κ1) is 19.2. The first-order valence-electron chi connectivity index (χ1n) is 8.39. The van der Waals surface area contributed by atoms with Crippen molar-refractivity contribution in [3.8, 4) is 5.88 Å². The molecule has 2 aromatic heterocycles. The molecule has 3 aromatic rings. The Morgan fingerprint density at radius 3 is 2.81 bits per heavy atom. The first-order valence-corrected chi connectivity index (χ1v) is 9.20. The number of rotatable bonds is 7. The minimum Gasteiger partial charge on any atom is -0.480 e. The van der Waals surface area contributed by atoms with Gasteiger partial charge in [0.25, 0.3) is 5.91 Å². The van der Waals surface area contributed by atoms with Crippen molar-refractivity contribution >= 4 is 27.5 Å². The molecule has 1 amide bonds. The molecule has 2 heterocycles. The van der Waals surface area contributed by atoms with Crippen LogP contribution in [0.2, 0.25) is 0 Å². The maximum absolute atomic E-state index is 13.2. The molecular weight excluding hydrogens is 369 g/mol. The van der Waals surface area contributed by atoms with Crippen molar-refractivity contribution in [2.45, 2.75) is 20.0 Å². The molecule has 0 aliphatic carbocycles. The monoisotopic (exact) mass is 389 g/mol. The second-order valence-electron chi connectivity index (χ2n) is 5.95. The number of halogens is 1. The Labute approximate surface area is 160 Å². The van der Waals surface area contributed by atoms with Crippen LogP contribution in [-0.4, -0.2) is 36.6 Å². The summed E-state index contributed by atoms with van der Waals surface area (Å²) in [6.45, 7) is 2.52. The number of thiophene rings is 1. The van der Waals surface area contributed by atoms with Gasteiger partial charge in [-0.2, -0.15) is 4.98 Å². The van der Waals surface area contributed by atoms with Gasteiger partial charge in [0.15, 0.2) is 5.82 Å². The summed E-state index contributed by atoms with van der Waals surface area (Å²) < 4.78 is 23.7. The molecule has 0 unspecified atom stereocenters. The van der Waals surface area contributed by atoms with E-state index < -0.39 is 0 Å². The van der Waals surface area contributed by atoms with Gasteiger partial charge in [0, 0.05) is 13.7 Å². The maximum atomic E-state index is 13.2. The van der Waals surface area contributed by atoms with E-state index in [0.717, 1.165) is 16.5 Å². The molecular formula is C19H20FN3O3S. The highest BCUT2D eigenvalue weighted by Gasteiger charge is 2.21. The van der Waals surface area contributed by atoms with E-state index in [9.17, 15) is 9.18 Å². The van der Waals surface area contributed by atoms with Crippen molar-refractivity contribution in [3.63, 3.8) is 0 Å². The van der Waals surface area contributed by atoms with Crippen molar-refractivity contribution in [1.82, 2.24) is 15.3 Å². The molecule has 0 bridgehead atoms. The fourth-order valence-corrected chi connectivity index (χ4v) is 3.90. The molecule has 3 rings (SSSR count). The number of amides is 1. The van der Waals surface area contributed by atoms with Crippen molar-refractivity contribution in [3.05, 3.63) is 51.9 Å². The summed E-state index contributed by atoms with van der Waals surface area (Å²) in [6.07, 6.45) is 0.550. The minimum atomic E-state index is -0.281. The zero-order valence-electron chi connectivity index (χ0n) is 15.3. The van der Waals surface area contributed by atoms with Crippen LogP contribution < -0.4 is 10.1 Å². The Hall–Kier alpha value is -2.58. The highest BCUT2D eigenvalue weighted by atomic mass is 32.1. The SMILES string of the molecule is COCc1nc(OC)c2c(C)c(C(=O)NCCc3cccc(F)c3)sc2n1. The van der Waals surface area contributed by atoms with Crippen molar-refractivity contribution in [2.75, 3.05) is 20.8 Å². The molecule has 0 spiro atoms. The number of methoxy groups -OCH3 is 2. The molecule has 0 aliphatic heterocycles. The Morgan fingerprint density at radius 2 is 2.11 bits per heavy atom. The van der Waals surface area contributed by atoms with Gasteiger partial charge in [0.2, 0.25) is 5.88 Å². The lowest BCUT2D eigenvalue weighted by Crippen LogP contribution is -2.25. The molecule has 1 aromatic carbocycles. The van der Waals surface area contributed by atoms with Crippen molar-refractivity contribution in [2.24, 2.45) is 0 Å². The van der Waals surface area contributed by atoms with E-state index >= 15 is 0 Å². The normalized spacial score (nSPS) is 11.0. The van der Waals surface area contributed by atoms with Crippen LogP contribution in [0.1, 0.15) is 26.6 Å². The van der Waals surface area contributed by atoms with E-state index in [2.05, 4.69) is 15.3 Å². The fourth-order valence-electron chi connectivity index (χ4n) is 2.80. The average Bonchev–Trinajstić information content (AvgIpc) is 2.98. The third-order valence-corrected chi connectivity index (χ3v) is 5.25. The van der Waals surface area contributed by atoms with E-state index in [0.29, 0.717) is 34.4 Å². The Bertz CT molecular complexity index is 974. The summed E-state index contributed by atoms with van der Waals surface area (Å²) in [4.78, 5) is 22.6. The highest BCUT2D eigenvalue weighted by Crippen LogP contribution is 2.35. The number of aryl methyl sites for hydroxylation is 1. The molecule has 27 heavy (non-hydrogen) atoms. The molecule has 0 saturated carbocycles. The van der Waals surface area contributed by atoms with E-state index in [1.54, 1.807) is 13.2 Å². The number of aromatic nitrogens is 2. The van der Waals surface area contributed by atoms with Crippen molar-refractivity contribution in [1.29, 1.82) is 0 Å². The molecule has 8 heteroatoms. The van der Waals surface area contributed by atoms with Crippen LogP contribution in [0, 0.1) is 12.7 Å². The van der Waals surface area contributed by atoms with Gasteiger partial charge in [0.1, 0.15) is 17.3 Å². The molecule has 1 N–H and O–H groups in total. The summed E-state index contributed by atoms with van der Waals surface area (Å²) in [5, 5.41) is 3.62. The topological polar surface area (TPSA) is 73.3 Å². The number of nitrogens with one attached hydrogen (secondary N) is 1. The van der Waals surface area contributed by atoms with Crippen LogP contribution in [0.25, 0.3) is 10.2 Å². The van der Waals surface area contributed by atoms with Crippen LogP contribution in [0.3, 0.4) is 0 Å². The van der Waals surface area contributed by atoms with E-state index in [-0.39, 0.29) is 18.3 Å². The van der Waals surface area contributed by atoms with Crippen LogP contribution in [0.4, 0.5) is 4.39 Å². The molecule has 0 saturated heterocycles. The summed E-state index contributed by atoms with van der Waals surface area (Å²) in [5.41, 5.74) is 1.61. The van der Waals surface area contributed by atoms with Gasteiger partial charge in [-0.25, -0.2) is 9.37 Å². The number of hydrogen-bond acceptors (Lipinski definition) is 6. The second kappa shape index (κ2) is 8.41. The standard InChI is InChI=1S/C19H20FN3O3S/c1-11-15-18(26-3)22-14(10-25-2)23-19(15)27-16(11)17(24)21-8-7-12-5-4-6-13(20)9-12/h4-6,9H,7-8,10H2,1-3H3,(H,21,24). The largest absolute Gasteiger partial charge is 0.480 e. The lowest BCUT2D eigenvalue weighted by atomic mass is 10.1. The molecule has 6 nitrogen and oxygen atoms in total. The number of fused-ring (bicyclic) bond motifs is 1. The number of ether oxygens (including phenoxy) is 2. The number of benzene rings is 1. The Morgan fingerprint density at radius 1 is 1.30 bits per heavy atom. The first-order chi connectivity index (χ1) is 13.0. The van der Waals surface area contributed by atoms with Crippen LogP contribution in [-0.2, 0) is 17.8 Å². The number of hydrogen-bond donors (Lipinski definition) is 1. The lowest BCUT2D eigenvalue weighted by molar-refractivity contribution is 0.0957.